The molecule has 3 heteroatoms. The lowest BCUT2D eigenvalue weighted by molar-refractivity contribution is 0.421. The van der Waals surface area contributed by atoms with Crippen LogP contribution in [-0.4, -0.2) is 11.1 Å². The van der Waals surface area contributed by atoms with E-state index in [-0.39, 0.29) is 0 Å². The molecule has 20 heavy (non-hydrogen) atoms. The molecule has 1 unspecified atom stereocenters. The summed E-state index contributed by atoms with van der Waals surface area (Å²) in [4.78, 5) is 0. The van der Waals surface area contributed by atoms with E-state index in [1.807, 2.05) is 0 Å². The van der Waals surface area contributed by atoms with Crippen LogP contribution in [0.25, 0.3) is 0 Å². The molecule has 2 nitrogen and oxygen atoms in total. The lowest BCUT2D eigenvalue weighted by Gasteiger charge is -2.20. The van der Waals surface area contributed by atoms with Crippen LogP contribution in [0.15, 0.2) is 42.7 Å². The summed E-state index contributed by atoms with van der Waals surface area (Å²) in [6.07, 6.45) is 4.45. The van der Waals surface area contributed by atoms with Gasteiger partial charge in [0.2, 0.25) is 0 Å². The van der Waals surface area contributed by atoms with Crippen molar-refractivity contribution in [3.05, 3.63) is 57.4 Å². The second-order valence-corrected chi connectivity index (χ2v) is 6.77. The molecule has 1 aromatic heterocycles. The minimum absolute atomic E-state index is 0.443. The molecule has 0 amide bonds. The molecule has 2 aromatic rings. The number of hydrogen-bond donors (Lipinski definition) is 1. The van der Waals surface area contributed by atoms with Gasteiger partial charge in [-0.1, -0.05) is 32.9 Å². The molecule has 0 aliphatic rings. The van der Waals surface area contributed by atoms with Crippen molar-refractivity contribution in [2.45, 2.75) is 33.4 Å². The molecule has 2 rings (SSSR count). The number of nitrogens with one attached hydrogen (secondary N) is 1. The van der Waals surface area contributed by atoms with Gasteiger partial charge in [-0.15, -0.1) is 0 Å². The van der Waals surface area contributed by atoms with Crippen molar-refractivity contribution in [2.24, 2.45) is 5.92 Å². The average molecular weight is 382 g/mol. The fourth-order valence-corrected chi connectivity index (χ4v) is 2.86. The third kappa shape index (κ3) is 4.09. The van der Waals surface area contributed by atoms with Crippen LogP contribution in [0.2, 0.25) is 0 Å². The summed E-state index contributed by atoms with van der Waals surface area (Å²) in [5.74, 6) is 0.601. The van der Waals surface area contributed by atoms with Gasteiger partial charge in [0.05, 0.1) is 0 Å². The molecular weight excluding hydrogens is 359 g/mol. The Balaban J connectivity index is 2.09. The summed E-state index contributed by atoms with van der Waals surface area (Å²) in [5.41, 5.74) is 2.73. The second kappa shape index (κ2) is 7.27. The van der Waals surface area contributed by atoms with E-state index < -0.39 is 0 Å². The van der Waals surface area contributed by atoms with E-state index in [1.54, 1.807) is 0 Å². The van der Waals surface area contributed by atoms with Crippen LogP contribution in [0, 0.1) is 9.49 Å². The smallest absolute Gasteiger partial charge is 0.0470 e. The fourth-order valence-electron chi connectivity index (χ4n) is 2.50. The van der Waals surface area contributed by atoms with Gasteiger partial charge in [0.15, 0.2) is 0 Å². The number of benzene rings is 1. The Kier molecular flexibility index (Phi) is 5.66. The highest BCUT2D eigenvalue weighted by molar-refractivity contribution is 14.1. The minimum atomic E-state index is 0.443. The van der Waals surface area contributed by atoms with Gasteiger partial charge in [-0.3, -0.25) is 0 Å². The standard InChI is InChI=1S/C17H23IN2/c1-4-19-17(13(2)3)15-9-10-20(12-15)11-14-5-7-16(18)8-6-14/h5-10,12-13,17,19H,4,11H2,1-3H3. The predicted octanol–water partition coefficient (Wildman–Crippen LogP) is 4.45. The van der Waals surface area contributed by atoms with Gasteiger partial charge in [0.1, 0.15) is 0 Å². The lowest BCUT2D eigenvalue weighted by Crippen LogP contribution is -2.25. The van der Waals surface area contributed by atoms with E-state index in [0.29, 0.717) is 12.0 Å². The predicted molar refractivity (Wildman–Crippen MR) is 93.9 cm³/mol. The van der Waals surface area contributed by atoms with Gasteiger partial charge < -0.3 is 9.88 Å². The molecule has 0 saturated heterocycles. The van der Waals surface area contributed by atoms with Gasteiger partial charge in [0.25, 0.3) is 0 Å². The van der Waals surface area contributed by atoms with Gasteiger partial charge in [0, 0.05) is 28.6 Å². The zero-order valence-electron chi connectivity index (χ0n) is 12.4. The summed E-state index contributed by atoms with van der Waals surface area (Å²) in [7, 11) is 0. The fraction of sp³-hybridized carbons (Fsp3) is 0.412. The topological polar surface area (TPSA) is 17.0 Å². The summed E-state index contributed by atoms with van der Waals surface area (Å²) < 4.78 is 3.55. The molecule has 0 saturated carbocycles. The Morgan fingerprint density at radius 3 is 2.45 bits per heavy atom. The van der Waals surface area contributed by atoms with Crippen molar-refractivity contribution in [2.75, 3.05) is 6.54 Å². The molecule has 0 spiro atoms. The van der Waals surface area contributed by atoms with Gasteiger partial charge in [-0.2, -0.15) is 0 Å². The summed E-state index contributed by atoms with van der Waals surface area (Å²) in [5, 5.41) is 3.57. The van der Waals surface area contributed by atoms with E-state index in [4.69, 9.17) is 0 Å². The third-order valence-corrected chi connectivity index (χ3v) is 4.22. The molecule has 0 aliphatic carbocycles. The van der Waals surface area contributed by atoms with Gasteiger partial charge in [-0.25, -0.2) is 0 Å². The summed E-state index contributed by atoms with van der Waals surface area (Å²) >= 11 is 2.34. The molecule has 1 heterocycles. The first-order valence-electron chi connectivity index (χ1n) is 7.23. The van der Waals surface area contributed by atoms with E-state index in [9.17, 15) is 0 Å². The molecule has 0 aliphatic heterocycles. The van der Waals surface area contributed by atoms with E-state index in [0.717, 1.165) is 13.1 Å². The largest absolute Gasteiger partial charge is 0.350 e. The van der Waals surface area contributed by atoms with Crippen LogP contribution in [-0.2, 0) is 6.54 Å². The Bertz CT molecular complexity index is 528. The third-order valence-electron chi connectivity index (χ3n) is 3.50. The SMILES string of the molecule is CCNC(c1ccn(Cc2ccc(I)cc2)c1)C(C)C. The van der Waals surface area contributed by atoms with Crippen LogP contribution >= 0.6 is 22.6 Å². The van der Waals surface area contributed by atoms with Crippen LogP contribution in [0.3, 0.4) is 0 Å². The van der Waals surface area contributed by atoms with Crippen LogP contribution < -0.4 is 5.32 Å². The first-order chi connectivity index (χ1) is 9.60. The minimum Gasteiger partial charge on any atom is -0.350 e. The van der Waals surface area contributed by atoms with E-state index >= 15 is 0 Å². The molecule has 108 valence electrons. The molecule has 1 aromatic carbocycles. The maximum absolute atomic E-state index is 3.57. The number of nitrogens with zero attached hydrogens (tertiary/aromatic N) is 1. The van der Waals surface area contributed by atoms with Crippen molar-refractivity contribution in [1.29, 1.82) is 0 Å². The summed E-state index contributed by atoms with van der Waals surface area (Å²) in [6.45, 7) is 8.64. The zero-order chi connectivity index (χ0) is 14.5. The number of aromatic nitrogens is 1. The van der Waals surface area contributed by atoms with Crippen molar-refractivity contribution < 1.29 is 0 Å². The maximum Gasteiger partial charge on any atom is 0.0470 e. The van der Waals surface area contributed by atoms with E-state index in [1.165, 1.54) is 14.7 Å². The summed E-state index contributed by atoms with van der Waals surface area (Å²) in [6, 6.07) is 11.4. The quantitative estimate of drug-likeness (QED) is 0.731. The number of rotatable bonds is 6. The highest BCUT2D eigenvalue weighted by Gasteiger charge is 2.15. The highest BCUT2D eigenvalue weighted by atomic mass is 127. The zero-order valence-corrected chi connectivity index (χ0v) is 14.6. The lowest BCUT2D eigenvalue weighted by atomic mass is 9.98. The Labute approximate surface area is 135 Å². The van der Waals surface area contributed by atoms with E-state index in [2.05, 4.69) is 96.0 Å². The van der Waals surface area contributed by atoms with Crippen LogP contribution in [0.5, 0.6) is 0 Å². The average Bonchev–Trinajstić information content (AvgIpc) is 2.86. The Hall–Kier alpha value is -0.810. The number of halogens is 1. The van der Waals surface area contributed by atoms with Crippen molar-refractivity contribution in [3.63, 3.8) is 0 Å². The van der Waals surface area contributed by atoms with Crippen LogP contribution in [0.4, 0.5) is 0 Å². The second-order valence-electron chi connectivity index (χ2n) is 5.52. The number of hydrogen-bond acceptors (Lipinski definition) is 1. The molecule has 1 atom stereocenters. The Morgan fingerprint density at radius 2 is 1.85 bits per heavy atom. The van der Waals surface area contributed by atoms with Gasteiger partial charge in [-0.05, 0) is 64.4 Å². The Morgan fingerprint density at radius 1 is 1.15 bits per heavy atom. The highest BCUT2D eigenvalue weighted by Crippen LogP contribution is 2.22. The van der Waals surface area contributed by atoms with Crippen molar-refractivity contribution in [3.8, 4) is 0 Å². The maximum atomic E-state index is 3.57. The van der Waals surface area contributed by atoms with Gasteiger partial charge >= 0.3 is 0 Å². The normalized spacial score (nSPS) is 12.8. The van der Waals surface area contributed by atoms with Crippen molar-refractivity contribution in [1.82, 2.24) is 9.88 Å². The first kappa shape index (κ1) is 15.6. The monoisotopic (exact) mass is 382 g/mol. The first-order valence-corrected chi connectivity index (χ1v) is 8.31. The molecular formula is C17H23IN2. The molecule has 0 fully saturated rings. The van der Waals surface area contributed by atoms with Crippen LogP contribution in [0.1, 0.15) is 37.9 Å². The molecule has 0 bridgehead atoms. The molecule has 0 radical (unpaired) electrons. The molecule has 1 N–H and O–H groups in total. The van der Waals surface area contributed by atoms with Crippen molar-refractivity contribution >= 4 is 22.6 Å².